The fourth-order valence-electron chi connectivity index (χ4n) is 5.74. The Hall–Kier alpha value is -3.20. The summed E-state index contributed by atoms with van der Waals surface area (Å²) in [5, 5.41) is 2.68. The molecular formula is C26H29FN4O4. The highest BCUT2D eigenvalue weighted by atomic mass is 19.1. The molecule has 2 atom stereocenters. The van der Waals surface area contributed by atoms with Gasteiger partial charge in [-0.3, -0.25) is 9.59 Å². The molecule has 0 unspecified atom stereocenters. The monoisotopic (exact) mass is 480 g/mol. The number of carbonyl (C=O) groups is 1. The number of nitrogens with one attached hydrogen (secondary N) is 1. The van der Waals surface area contributed by atoms with Crippen molar-refractivity contribution in [3.8, 4) is 5.75 Å². The lowest BCUT2D eigenvalue weighted by Crippen LogP contribution is -2.45. The topological polar surface area (TPSA) is 86.9 Å². The number of nitrogens with zero attached hydrogens (tertiary/aromatic N) is 3. The molecule has 184 valence electrons. The highest BCUT2D eigenvalue weighted by Crippen LogP contribution is 2.58. The maximum absolute atomic E-state index is 15.7. The molecule has 35 heavy (non-hydrogen) atoms. The van der Waals surface area contributed by atoms with E-state index in [1.807, 2.05) is 0 Å². The van der Waals surface area contributed by atoms with Gasteiger partial charge in [0.2, 0.25) is 5.82 Å². The average Bonchev–Trinajstić information content (AvgIpc) is 3.11. The average molecular weight is 481 g/mol. The van der Waals surface area contributed by atoms with Gasteiger partial charge in [-0.15, -0.1) is 0 Å². The molecular weight excluding hydrogens is 451 g/mol. The van der Waals surface area contributed by atoms with Crippen molar-refractivity contribution < 1.29 is 18.7 Å². The minimum Gasteiger partial charge on any atom is -0.487 e. The Labute approximate surface area is 202 Å². The predicted molar refractivity (Wildman–Crippen MR) is 128 cm³/mol. The Morgan fingerprint density at radius 3 is 2.71 bits per heavy atom. The van der Waals surface area contributed by atoms with E-state index >= 15 is 4.39 Å². The predicted octanol–water partition coefficient (Wildman–Crippen LogP) is 4.08. The summed E-state index contributed by atoms with van der Waals surface area (Å²) in [4.78, 5) is 30.9. The van der Waals surface area contributed by atoms with Crippen molar-refractivity contribution in [3.63, 3.8) is 0 Å². The SMILES string of the molecule is CC(C)Oc1c(C(=O)Nc2cccn([C@@H]3C[C@H]3C)c2=O)cn2cc(C34COC(C)(C3)C4)nc2c1F. The molecule has 8 nitrogen and oxygen atoms in total. The summed E-state index contributed by atoms with van der Waals surface area (Å²) in [7, 11) is 0. The van der Waals surface area contributed by atoms with Crippen LogP contribution < -0.4 is 15.6 Å². The zero-order valence-corrected chi connectivity index (χ0v) is 20.3. The number of fused-ring (bicyclic) bond motifs is 2. The number of rotatable bonds is 6. The lowest BCUT2D eigenvalue weighted by atomic mass is 9.62. The Morgan fingerprint density at radius 2 is 2.09 bits per heavy atom. The first-order chi connectivity index (χ1) is 16.6. The molecule has 2 bridgehead atoms. The van der Waals surface area contributed by atoms with Gasteiger partial charge >= 0.3 is 0 Å². The zero-order chi connectivity index (χ0) is 24.7. The maximum atomic E-state index is 15.7. The van der Waals surface area contributed by atoms with Gasteiger partial charge in [0.05, 0.1) is 24.0 Å². The van der Waals surface area contributed by atoms with E-state index in [2.05, 4.69) is 24.1 Å². The van der Waals surface area contributed by atoms with Gasteiger partial charge in [0, 0.05) is 30.0 Å². The van der Waals surface area contributed by atoms with Crippen LogP contribution in [-0.2, 0) is 10.2 Å². The van der Waals surface area contributed by atoms with Gasteiger partial charge in [-0.05, 0) is 58.1 Å². The van der Waals surface area contributed by atoms with Crippen LogP contribution in [0.4, 0.5) is 10.1 Å². The zero-order valence-electron chi connectivity index (χ0n) is 20.3. The molecule has 1 N–H and O–H groups in total. The Kier molecular flexibility index (Phi) is 4.71. The summed E-state index contributed by atoms with van der Waals surface area (Å²) in [5.74, 6) is -1.07. The van der Waals surface area contributed by atoms with E-state index in [4.69, 9.17) is 9.47 Å². The summed E-state index contributed by atoms with van der Waals surface area (Å²) < 4.78 is 30.5. The second kappa shape index (κ2) is 7.40. The lowest BCUT2D eigenvalue weighted by Gasteiger charge is -2.41. The molecule has 2 aliphatic carbocycles. The number of ether oxygens (including phenoxy) is 2. The number of hydrogen-bond donors (Lipinski definition) is 1. The molecule has 2 saturated heterocycles. The lowest BCUT2D eigenvalue weighted by molar-refractivity contribution is 0.0154. The fraction of sp³-hybridized carbons (Fsp3) is 0.500. The fourth-order valence-corrected chi connectivity index (χ4v) is 5.74. The minimum absolute atomic E-state index is 0.000799. The number of halogens is 1. The summed E-state index contributed by atoms with van der Waals surface area (Å²) in [6, 6.07) is 3.43. The van der Waals surface area contributed by atoms with Crippen LogP contribution in [0.2, 0.25) is 0 Å². The van der Waals surface area contributed by atoms with Crippen molar-refractivity contribution in [2.24, 2.45) is 5.92 Å². The first kappa shape index (κ1) is 22.3. The summed E-state index contributed by atoms with van der Waals surface area (Å²) in [6.45, 7) is 8.24. The van der Waals surface area contributed by atoms with Gasteiger partial charge in [0.1, 0.15) is 11.3 Å². The van der Waals surface area contributed by atoms with E-state index in [-0.39, 0.29) is 51.4 Å². The number of hydrogen-bond acceptors (Lipinski definition) is 5. The van der Waals surface area contributed by atoms with Crippen LogP contribution in [0.5, 0.6) is 5.75 Å². The number of imidazole rings is 1. The second-order valence-corrected chi connectivity index (χ2v) is 11.0. The molecule has 0 aromatic carbocycles. The molecule has 3 aromatic heterocycles. The van der Waals surface area contributed by atoms with Crippen molar-refractivity contribution in [1.29, 1.82) is 0 Å². The van der Waals surface area contributed by atoms with Gasteiger partial charge in [-0.1, -0.05) is 6.92 Å². The van der Waals surface area contributed by atoms with Gasteiger partial charge in [-0.25, -0.2) is 4.98 Å². The first-order valence-corrected chi connectivity index (χ1v) is 12.1. The Bertz CT molecular complexity index is 1420. The van der Waals surface area contributed by atoms with Crippen molar-refractivity contribution in [1.82, 2.24) is 14.0 Å². The maximum Gasteiger partial charge on any atom is 0.274 e. The van der Waals surface area contributed by atoms with Crippen molar-refractivity contribution in [2.45, 2.75) is 70.1 Å². The standard InChI is InChI=1S/C26H29FN4O4/c1-14(2)35-21-16(23(32)28-17-6-5-7-31(24(17)33)18-8-15(18)3)9-30-10-19(29-22(30)20(21)27)26-11-25(4,12-26)34-13-26/h5-7,9-10,14-15,18H,8,11-13H2,1-4H3,(H,28,32)/t15-,18-,25?,26?/m1/s1. The number of pyridine rings is 2. The van der Waals surface area contributed by atoms with Crippen LogP contribution >= 0.6 is 0 Å². The quantitative estimate of drug-likeness (QED) is 0.575. The van der Waals surface area contributed by atoms with E-state index in [9.17, 15) is 9.59 Å². The summed E-state index contributed by atoms with van der Waals surface area (Å²) in [5.41, 5.74) is 0.378. The molecule has 4 aliphatic rings. The molecule has 7 rings (SSSR count). The Balaban J connectivity index is 1.39. The number of aromatic nitrogens is 3. The minimum atomic E-state index is -0.702. The van der Waals surface area contributed by atoms with E-state index in [0.29, 0.717) is 12.5 Å². The third-order valence-electron chi connectivity index (χ3n) is 7.55. The van der Waals surface area contributed by atoms with Crippen molar-refractivity contribution in [2.75, 3.05) is 11.9 Å². The molecule has 5 heterocycles. The molecule has 4 fully saturated rings. The van der Waals surface area contributed by atoms with Crippen LogP contribution in [0.15, 0.2) is 35.5 Å². The molecule has 0 radical (unpaired) electrons. The van der Waals surface area contributed by atoms with Gasteiger partial charge in [0.15, 0.2) is 11.4 Å². The smallest absolute Gasteiger partial charge is 0.274 e. The molecule has 9 heteroatoms. The van der Waals surface area contributed by atoms with Crippen molar-refractivity contribution in [3.05, 3.63) is 58.2 Å². The number of amides is 1. The number of carbonyl (C=O) groups excluding carboxylic acids is 1. The van der Waals surface area contributed by atoms with Gasteiger partial charge < -0.3 is 23.8 Å². The van der Waals surface area contributed by atoms with Crippen LogP contribution in [0.25, 0.3) is 5.65 Å². The molecule has 2 aliphatic heterocycles. The van der Waals surface area contributed by atoms with Crippen LogP contribution in [0.3, 0.4) is 0 Å². The third-order valence-corrected chi connectivity index (χ3v) is 7.55. The molecule has 1 amide bonds. The highest BCUT2D eigenvalue weighted by Gasteiger charge is 2.61. The van der Waals surface area contributed by atoms with E-state index in [1.165, 1.54) is 10.6 Å². The largest absolute Gasteiger partial charge is 0.487 e. The summed E-state index contributed by atoms with van der Waals surface area (Å²) >= 11 is 0. The van der Waals surface area contributed by atoms with E-state index < -0.39 is 11.7 Å². The van der Waals surface area contributed by atoms with Crippen molar-refractivity contribution >= 4 is 17.2 Å². The Morgan fingerprint density at radius 1 is 1.34 bits per heavy atom. The van der Waals surface area contributed by atoms with Crippen LogP contribution in [-0.4, -0.2) is 38.2 Å². The van der Waals surface area contributed by atoms with Gasteiger partial charge in [0.25, 0.3) is 11.5 Å². The highest BCUT2D eigenvalue weighted by molar-refractivity contribution is 6.06. The van der Waals surface area contributed by atoms with Crippen LogP contribution in [0, 0.1) is 11.7 Å². The normalized spacial score (nSPS) is 28.9. The van der Waals surface area contributed by atoms with E-state index in [1.54, 1.807) is 42.9 Å². The number of anilines is 1. The second-order valence-electron chi connectivity index (χ2n) is 11.0. The molecule has 2 saturated carbocycles. The third kappa shape index (κ3) is 3.47. The molecule has 3 aromatic rings. The summed E-state index contributed by atoms with van der Waals surface area (Å²) in [6.07, 6.45) is 7.27. The van der Waals surface area contributed by atoms with Gasteiger partial charge in [-0.2, -0.15) is 4.39 Å². The van der Waals surface area contributed by atoms with E-state index in [0.717, 1.165) is 25.0 Å². The first-order valence-electron chi connectivity index (χ1n) is 12.1. The molecule has 0 spiro atoms. The van der Waals surface area contributed by atoms with Crippen LogP contribution in [0.1, 0.15) is 69.1 Å².